The summed E-state index contributed by atoms with van der Waals surface area (Å²) < 4.78 is 2.44. The summed E-state index contributed by atoms with van der Waals surface area (Å²) in [4.78, 5) is 2.36. The molecule has 0 N–H and O–H groups in total. The van der Waals surface area contributed by atoms with Crippen LogP contribution in [0.4, 0.5) is 17.1 Å². The van der Waals surface area contributed by atoms with Crippen molar-refractivity contribution in [1.29, 1.82) is 0 Å². The molecule has 2 heteroatoms. The molecule has 11 rings (SSSR count). The highest BCUT2D eigenvalue weighted by Gasteiger charge is 2.20. The summed E-state index contributed by atoms with van der Waals surface area (Å²) in [6.07, 6.45) is 0. The average molecular weight is 713 g/mol. The molecule has 262 valence electrons. The first-order valence-electron chi connectivity index (χ1n) is 19.3. The van der Waals surface area contributed by atoms with E-state index in [2.05, 4.69) is 228 Å². The minimum atomic E-state index is 1.10. The first-order chi connectivity index (χ1) is 27.8. The van der Waals surface area contributed by atoms with Crippen molar-refractivity contribution in [2.45, 2.75) is 0 Å². The van der Waals surface area contributed by atoms with Crippen LogP contribution in [0.3, 0.4) is 0 Å². The van der Waals surface area contributed by atoms with E-state index < -0.39 is 0 Å². The van der Waals surface area contributed by atoms with Crippen molar-refractivity contribution in [2.75, 3.05) is 4.90 Å². The van der Waals surface area contributed by atoms with Gasteiger partial charge in [-0.3, -0.25) is 0 Å². The summed E-state index contributed by atoms with van der Waals surface area (Å²) in [6, 6.07) is 79.4. The molecule has 2 nitrogen and oxygen atoms in total. The van der Waals surface area contributed by atoms with Gasteiger partial charge in [-0.05, 0) is 110 Å². The van der Waals surface area contributed by atoms with Gasteiger partial charge in [0.1, 0.15) is 0 Å². The lowest BCUT2D eigenvalue weighted by Crippen LogP contribution is -2.09. The van der Waals surface area contributed by atoms with E-state index in [1.54, 1.807) is 0 Å². The van der Waals surface area contributed by atoms with Crippen molar-refractivity contribution >= 4 is 71.2 Å². The number of hydrogen-bond acceptors (Lipinski definition) is 1. The maximum Gasteiger partial charge on any atom is 0.0619 e. The smallest absolute Gasteiger partial charge is 0.0619 e. The molecule has 56 heavy (non-hydrogen) atoms. The van der Waals surface area contributed by atoms with Crippen LogP contribution in [0.5, 0.6) is 0 Å². The van der Waals surface area contributed by atoms with E-state index in [1.165, 1.54) is 76.4 Å². The van der Waals surface area contributed by atoms with Crippen molar-refractivity contribution < 1.29 is 0 Å². The standard InChI is InChI=1S/C54H36N2/c1-3-16-43(17-4-1)55(45-31-27-37(28-32-45)40-30-33-48-42(35-40)26-25-38-13-7-9-21-47(38)48)46-20-11-15-41(36-46)49-23-12-24-52-53(49)51-34-29-39-14-8-10-22-50(39)54(51)56(52)44-18-5-2-6-19-44/h1-36H. The molecule has 0 atom stereocenters. The quantitative estimate of drug-likeness (QED) is 0.156. The third-order valence-electron chi connectivity index (χ3n) is 11.3. The van der Waals surface area contributed by atoms with Gasteiger partial charge in [0.05, 0.1) is 11.0 Å². The topological polar surface area (TPSA) is 8.17 Å². The van der Waals surface area contributed by atoms with Gasteiger partial charge in [0, 0.05) is 38.9 Å². The van der Waals surface area contributed by atoms with Crippen molar-refractivity contribution in [3.8, 4) is 27.9 Å². The van der Waals surface area contributed by atoms with E-state index in [9.17, 15) is 0 Å². The molecule has 11 aromatic rings. The van der Waals surface area contributed by atoms with Crippen molar-refractivity contribution in [3.63, 3.8) is 0 Å². The molecule has 0 saturated carbocycles. The Kier molecular flexibility index (Phi) is 7.53. The highest BCUT2D eigenvalue weighted by atomic mass is 15.1. The Balaban J connectivity index is 1.04. The van der Waals surface area contributed by atoms with E-state index in [0.717, 1.165) is 22.7 Å². The summed E-state index contributed by atoms with van der Waals surface area (Å²) in [7, 11) is 0. The fourth-order valence-corrected chi connectivity index (χ4v) is 8.75. The van der Waals surface area contributed by atoms with Crippen LogP contribution in [0.15, 0.2) is 218 Å². The average Bonchev–Trinajstić information content (AvgIpc) is 3.62. The molecule has 0 spiro atoms. The molecular formula is C54H36N2. The predicted molar refractivity (Wildman–Crippen MR) is 239 cm³/mol. The zero-order valence-electron chi connectivity index (χ0n) is 30.7. The van der Waals surface area contributed by atoms with Crippen LogP contribution < -0.4 is 4.90 Å². The lowest BCUT2D eigenvalue weighted by molar-refractivity contribution is 1.19. The van der Waals surface area contributed by atoms with Crippen LogP contribution >= 0.6 is 0 Å². The van der Waals surface area contributed by atoms with Gasteiger partial charge in [-0.15, -0.1) is 0 Å². The molecule has 0 amide bonds. The predicted octanol–water partition coefficient (Wildman–Crippen LogP) is 15.0. The second-order valence-electron chi connectivity index (χ2n) is 14.5. The summed E-state index contributed by atoms with van der Waals surface area (Å²) in [5.41, 5.74) is 11.7. The Hall–Kier alpha value is -7.42. The molecule has 0 radical (unpaired) electrons. The highest BCUT2D eigenvalue weighted by Crippen LogP contribution is 2.43. The molecule has 0 bridgehead atoms. The molecule has 0 fully saturated rings. The van der Waals surface area contributed by atoms with Crippen LogP contribution in [0.2, 0.25) is 0 Å². The zero-order valence-corrected chi connectivity index (χ0v) is 30.7. The normalized spacial score (nSPS) is 11.6. The number of rotatable bonds is 6. The van der Waals surface area contributed by atoms with Crippen LogP contribution in [-0.2, 0) is 0 Å². The van der Waals surface area contributed by atoms with Gasteiger partial charge in [0.15, 0.2) is 0 Å². The third kappa shape index (κ3) is 5.26. The second-order valence-corrected chi connectivity index (χ2v) is 14.5. The largest absolute Gasteiger partial charge is 0.310 e. The Morgan fingerprint density at radius 2 is 0.911 bits per heavy atom. The molecule has 10 aromatic carbocycles. The monoisotopic (exact) mass is 712 g/mol. The number of nitrogens with zero attached hydrogens (tertiary/aromatic N) is 2. The Morgan fingerprint density at radius 1 is 0.321 bits per heavy atom. The summed E-state index contributed by atoms with van der Waals surface area (Å²) >= 11 is 0. The van der Waals surface area contributed by atoms with Crippen LogP contribution in [0, 0.1) is 0 Å². The summed E-state index contributed by atoms with van der Waals surface area (Å²) in [5.74, 6) is 0. The van der Waals surface area contributed by atoms with Gasteiger partial charge in [0.2, 0.25) is 0 Å². The molecule has 1 heterocycles. The zero-order chi connectivity index (χ0) is 37.0. The first kappa shape index (κ1) is 32.0. The third-order valence-corrected chi connectivity index (χ3v) is 11.3. The van der Waals surface area contributed by atoms with Gasteiger partial charge in [-0.2, -0.15) is 0 Å². The summed E-state index contributed by atoms with van der Waals surface area (Å²) in [5, 5.41) is 10.1. The first-order valence-corrected chi connectivity index (χ1v) is 19.3. The minimum absolute atomic E-state index is 1.10. The van der Waals surface area contributed by atoms with E-state index in [0.29, 0.717) is 0 Å². The van der Waals surface area contributed by atoms with Crippen LogP contribution in [-0.4, -0.2) is 4.57 Å². The van der Waals surface area contributed by atoms with E-state index in [-0.39, 0.29) is 0 Å². The molecule has 1 aromatic heterocycles. The molecule has 0 aliphatic heterocycles. The Labute approximate surface area is 325 Å². The highest BCUT2D eigenvalue weighted by molar-refractivity contribution is 6.22. The maximum absolute atomic E-state index is 2.44. The van der Waals surface area contributed by atoms with E-state index >= 15 is 0 Å². The van der Waals surface area contributed by atoms with Gasteiger partial charge < -0.3 is 9.47 Å². The van der Waals surface area contributed by atoms with E-state index in [1.807, 2.05) is 0 Å². The Morgan fingerprint density at radius 3 is 1.73 bits per heavy atom. The number of hydrogen-bond donors (Lipinski definition) is 0. The summed E-state index contributed by atoms with van der Waals surface area (Å²) in [6.45, 7) is 0. The van der Waals surface area contributed by atoms with Crippen molar-refractivity contribution in [1.82, 2.24) is 4.57 Å². The van der Waals surface area contributed by atoms with E-state index in [4.69, 9.17) is 0 Å². The number of benzene rings is 10. The lowest BCUT2D eigenvalue weighted by atomic mass is 9.97. The minimum Gasteiger partial charge on any atom is -0.310 e. The maximum atomic E-state index is 2.44. The Bertz CT molecular complexity index is 3230. The number of fused-ring (bicyclic) bond motifs is 8. The van der Waals surface area contributed by atoms with Crippen LogP contribution in [0.25, 0.3) is 82.1 Å². The fraction of sp³-hybridized carbons (Fsp3) is 0. The number of para-hydroxylation sites is 2. The number of anilines is 3. The van der Waals surface area contributed by atoms with Gasteiger partial charge >= 0.3 is 0 Å². The van der Waals surface area contributed by atoms with Crippen LogP contribution in [0.1, 0.15) is 0 Å². The molecule has 0 saturated heterocycles. The molecular weight excluding hydrogens is 677 g/mol. The SMILES string of the molecule is c1ccc(N(c2ccc(-c3ccc4c(ccc5ccccc54)c3)cc2)c2cccc(-c3cccc4c3c3ccc5ccccc5c3n4-c3ccccc3)c2)cc1. The molecule has 0 aliphatic rings. The molecule has 0 unspecified atom stereocenters. The van der Waals surface area contributed by atoms with Gasteiger partial charge in [0.25, 0.3) is 0 Å². The fourth-order valence-electron chi connectivity index (χ4n) is 8.75. The van der Waals surface area contributed by atoms with Gasteiger partial charge in [-0.1, -0.05) is 158 Å². The van der Waals surface area contributed by atoms with Crippen molar-refractivity contribution in [3.05, 3.63) is 218 Å². The van der Waals surface area contributed by atoms with Gasteiger partial charge in [-0.25, -0.2) is 0 Å². The number of aromatic nitrogens is 1. The van der Waals surface area contributed by atoms with Crippen molar-refractivity contribution in [2.24, 2.45) is 0 Å². The molecule has 0 aliphatic carbocycles. The second kappa shape index (κ2) is 13.2. The lowest BCUT2D eigenvalue weighted by Gasteiger charge is -2.26.